The summed E-state index contributed by atoms with van der Waals surface area (Å²) in [6.07, 6.45) is 5.68. The Labute approximate surface area is 161 Å². The third kappa shape index (κ3) is 5.55. The number of hydrogen-bond acceptors (Lipinski definition) is 7. The lowest BCUT2D eigenvalue weighted by atomic mass is 10.2. The van der Waals surface area contributed by atoms with Crippen molar-refractivity contribution in [3.05, 3.63) is 74.7 Å². The van der Waals surface area contributed by atoms with Gasteiger partial charge in [0.1, 0.15) is 0 Å². The Morgan fingerprint density at radius 2 is 1.93 bits per heavy atom. The van der Waals surface area contributed by atoms with Gasteiger partial charge in [-0.3, -0.25) is 10.1 Å². The first-order chi connectivity index (χ1) is 12.5. The van der Waals surface area contributed by atoms with Crippen LogP contribution in [0.1, 0.15) is 24.7 Å². The number of benzene rings is 1. The number of hydrogen-bond donors (Lipinski definition) is 0. The average Bonchev–Trinajstić information content (AvgIpc) is 2.84. The van der Waals surface area contributed by atoms with E-state index in [-0.39, 0.29) is 19.6 Å². The molecule has 0 bridgehead atoms. The molecule has 1 atom stereocenters. The minimum atomic E-state index is -1.14. The van der Waals surface area contributed by atoms with Gasteiger partial charge < -0.3 is 9.47 Å². The van der Waals surface area contributed by atoms with Gasteiger partial charge in [0.25, 0.3) is 6.04 Å². The number of nitrogens with zero attached hydrogens (tertiary/aromatic N) is 1. The smallest absolute Gasteiger partial charge is 0.339 e. The molecule has 0 spiro atoms. The maximum Gasteiger partial charge on any atom is 0.339 e. The largest absolute Gasteiger partial charge is 0.465 e. The van der Waals surface area contributed by atoms with E-state index in [1.165, 1.54) is 31.4 Å². The summed E-state index contributed by atoms with van der Waals surface area (Å²) >= 11 is 1.08. The van der Waals surface area contributed by atoms with Crippen molar-refractivity contribution in [3.8, 4) is 0 Å². The molecule has 0 radical (unpaired) electrons. The second kappa shape index (κ2) is 10.3. The van der Waals surface area contributed by atoms with Crippen LogP contribution in [-0.4, -0.2) is 36.6 Å². The lowest BCUT2D eigenvalue weighted by Gasteiger charge is -2.11. The Hall–Kier alpha value is -2.87. The number of carbonyl (C=O) groups excluding carboxylic acids is 2. The minimum absolute atomic E-state index is 0. The van der Waals surface area contributed by atoms with Gasteiger partial charge in [0.2, 0.25) is 0 Å². The van der Waals surface area contributed by atoms with Crippen LogP contribution in [0.25, 0.3) is 0 Å². The maximum atomic E-state index is 11.9. The molecule has 0 heterocycles. The highest BCUT2D eigenvalue weighted by atomic mass is 32.2. The second-order valence-electron chi connectivity index (χ2n) is 5.09. The monoisotopic (exact) mass is 391 g/mol. The van der Waals surface area contributed by atoms with Gasteiger partial charge in [-0.05, 0) is 43.4 Å². The van der Waals surface area contributed by atoms with Crippen LogP contribution >= 0.6 is 11.8 Å². The standard InChI is InChI=1S/C18H17NO6S.CH4/c1-3-25-17(20)12-8-10-14(19(22)23)16(11-9-12)26-15-7-5-4-6-13(15)18(21)24-2;/h4-11,14H,3H2,1-2H3;1H4. The van der Waals surface area contributed by atoms with Crippen molar-refractivity contribution < 1.29 is 24.0 Å². The van der Waals surface area contributed by atoms with E-state index in [9.17, 15) is 19.7 Å². The van der Waals surface area contributed by atoms with Gasteiger partial charge in [-0.25, -0.2) is 9.59 Å². The molecule has 0 saturated carbocycles. The number of nitro groups is 1. The highest BCUT2D eigenvalue weighted by molar-refractivity contribution is 8.03. The summed E-state index contributed by atoms with van der Waals surface area (Å²) in [6.45, 7) is 1.89. The van der Waals surface area contributed by atoms with Gasteiger partial charge in [0.05, 0.1) is 29.8 Å². The van der Waals surface area contributed by atoms with E-state index in [1.54, 1.807) is 31.2 Å². The van der Waals surface area contributed by atoms with Gasteiger partial charge in [-0.2, -0.15) is 0 Å². The van der Waals surface area contributed by atoms with Crippen molar-refractivity contribution in [1.82, 2.24) is 0 Å². The molecule has 0 aromatic heterocycles. The molecule has 27 heavy (non-hydrogen) atoms. The molecular formula is C19H21NO6S. The fourth-order valence-corrected chi connectivity index (χ4v) is 3.28. The van der Waals surface area contributed by atoms with Gasteiger partial charge >= 0.3 is 11.9 Å². The quantitative estimate of drug-likeness (QED) is 0.413. The molecule has 1 aliphatic rings. The lowest BCUT2D eigenvalue weighted by molar-refractivity contribution is -0.497. The van der Waals surface area contributed by atoms with E-state index in [0.29, 0.717) is 15.4 Å². The summed E-state index contributed by atoms with van der Waals surface area (Å²) in [6, 6.07) is 5.53. The van der Waals surface area contributed by atoms with E-state index < -0.39 is 22.9 Å². The third-order valence-electron chi connectivity index (χ3n) is 3.44. The van der Waals surface area contributed by atoms with Crippen LogP contribution in [0.15, 0.2) is 63.9 Å². The first kappa shape index (κ1) is 22.2. The predicted molar refractivity (Wildman–Crippen MR) is 103 cm³/mol. The molecule has 0 fully saturated rings. The highest BCUT2D eigenvalue weighted by Gasteiger charge is 2.27. The normalized spacial score (nSPS) is 15.6. The molecular weight excluding hydrogens is 370 g/mol. The molecule has 2 rings (SSSR count). The van der Waals surface area contributed by atoms with Crippen molar-refractivity contribution in [3.63, 3.8) is 0 Å². The summed E-state index contributed by atoms with van der Waals surface area (Å²) < 4.78 is 9.67. The highest BCUT2D eigenvalue weighted by Crippen LogP contribution is 2.34. The molecule has 1 aromatic carbocycles. The number of methoxy groups -OCH3 is 1. The Balaban J connectivity index is 0.00000364. The van der Waals surface area contributed by atoms with E-state index in [0.717, 1.165) is 11.8 Å². The maximum absolute atomic E-state index is 11.9. The zero-order valence-corrected chi connectivity index (χ0v) is 15.0. The lowest BCUT2D eigenvalue weighted by Crippen LogP contribution is -2.18. The Morgan fingerprint density at radius 1 is 1.22 bits per heavy atom. The van der Waals surface area contributed by atoms with Crippen molar-refractivity contribution in [1.29, 1.82) is 0 Å². The summed E-state index contributed by atoms with van der Waals surface area (Å²) in [7, 11) is 1.27. The van der Waals surface area contributed by atoms with Crippen molar-refractivity contribution in [2.45, 2.75) is 25.3 Å². The van der Waals surface area contributed by atoms with Gasteiger partial charge in [0.15, 0.2) is 0 Å². The van der Waals surface area contributed by atoms with Gasteiger partial charge in [-0.15, -0.1) is 0 Å². The molecule has 8 heteroatoms. The zero-order valence-electron chi connectivity index (χ0n) is 14.2. The third-order valence-corrected chi connectivity index (χ3v) is 4.62. The molecule has 1 unspecified atom stereocenters. The first-order valence-corrected chi connectivity index (χ1v) is 8.55. The van der Waals surface area contributed by atoms with Crippen LogP contribution in [0.3, 0.4) is 0 Å². The summed E-state index contributed by atoms with van der Waals surface area (Å²) in [5.41, 5.74) is 0.529. The average molecular weight is 391 g/mol. The molecule has 144 valence electrons. The Kier molecular flexibility index (Phi) is 8.47. The van der Waals surface area contributed by atoms with Crippen molar-refractivity contribution in [2.75, 3.05) is 13.7 Å². The Bertz CT molecular complexity index is 812. The van der Waals surface area contributed by atoms with Crippen molar-refractivity contribution in [2.24, 2.45) is 0 Å². The molecule has 0 aliphatic heterocycles. The molecule has 0 amide bonds. The molecule has 1 aromatic rings. The SMILES string of the molecule is C.CCOC(=O)C1=CC=C(Sc2ccccc2C(=O)OC)C([N+](=O)[O-])C=C1. The number of allylic oxidation sites excluding steroid dienone is 2. The number of thioether (sulfide) groups is 1. The van der Waals surface area contributed by atoms with Crippen LogP contribution in [0, 0.1) is 10.1 Å². The molecule has 7 nitrogen and oxygen atoms in total. The first-order valence-electron chi connectivity index (χ1n) is 7.73. The predicted octanol–water partition coefficient (Wildman–Crippen LogP) is 3.79. The van der Waals surface area contributed by atoms with Gasteiger partial charge in [-0.1, -0.05) is 31.3 Å². The van der Waals surface area contributed by atoms with Crippen LogP contribution in [-0.2, 0) is 14.3 Å². The van der Waals surface area contributed by atoms with Crippen LogP contribution in [0.2, 0.25) is 0 Å². The van der Waals surface area contributed by atoms with Gasteiger partial charge in [0, 0.05) is 9.82 Å². The number of esters is 2. The second-order valence-corrected chi connectivity index (χ2v) is 6.21. The number of rotatable bonds is 6. The minimum Gasteiger partial charge on any atom is -0.465 e. The van der Waals surface area contributed by atoms with Crippen LogP contribution in [0.5, 0.6) is 0 Å². The zero-order chi connectivity index (χ0) is 19.1. The van der Waals surface area contributed by atoms with E-state index >= 15 is 0 Å². The summed E-state index contributed by atoms with van der Waals surface area (Å²) in [5, 5.41) is 11.5. The van der Waals surface area contributed by atoms with E-state index in [2.05, 4.69) is 0 Å². The topological polar surface area (TPSA) is 95.7 Å². The molecule has 1 aliphatic carbocycles. The van der Waals surface area contributed by atoms with E-state index in [4.69, 9.17) is 9.47 Å². The molecule has 0 N–H and O–H groups in total. The van der Waals surface area contributed by atoms with Crippen molar-refractivity contribution >= 4 is 23.7 Å². The summed E-state index contributed by atoms with van der Waals surface area (Å²) in [5.74, 6) is -1.08. The number of carbonyl (C=O) groups is 2. The van der Waals surface area contributed by atoms with E-state index in [1.807, 2.05) is 0 Å². The van der Waals surface area contributed by atoms with Crippen LogP contribution < -0.4 is 0 Å². The summed E-state index contributed by atoms with van der Waals surface area (Å²) in [4.78, 5) is 35.6. The molecule has 0 saturated heterocycles. The Morgan fingerprint density at radius 3 is 2.56 bits per heavy atom. The fraction of sp³-hybridized carbons (Fsp3) is 0.263. The number of ether oxygens (including phenoxy) is 2. The van der Waals surface area contributed by atoms with Crippen LogP contribution in [0.4, 0.5) is 0 Å². The fourth-order valence-electron chi connectivity index (χ4n) is 2.20.